The van der Waals surface area contributed by atoms with Crippen molar-refractivity contribution in [3.8, 4) is 0 Å². The van der Waals surface area contributed by atoms with Crippen molar-refractivity contribution in [3.63, 3.8) is 0 Å². The molecule has 0 amide bonds. The van der Waals surface area contributed by atoms with E-state index in [0.29, 0.717) is 6.42 Å². The van der Waals surface area contributed by atoms with Crippen molar-refractivity contribution in [1.82, 2.24) is 0 Å². The minimum absolute atomic E-state index is 0.0103. The molecule has 0 aliphatic heterocycles. The van der Waals surface area contributed by atoms with Crippen molar-refractivity contribution in [2.24, 2.45) is 5.92 Å². The van der Waals surface area contributed by atoms with E-state index in [1.807, 2.05) is 0 Å². The molecule has 0 aromatic carbocycles. The molecule has 0 spiro atoms. The molecule has 0 saturated carbocycles. The standard InChI is InChI=1S/C18H34O3/c1-16(2)13-11-9-7-5-3-4-6-8-10-12-14-17(19)15-18(20)21/h15-16,19H,3-14H2,1-2H3,(H,20,21). The molecule has 0 aromatic rings. The van der Waals surface area contributed by atoms with E-state index in [1.165, 1.54) is 57.8 Å². The van der Waals surface area contributed by atoms with Gasteiger partial charge in [-0.3, -0.25) is 0 Å². The summed E-state index contributed by atoms with van der Waals surface area (Å²) in [6.07, 6.45) is 15.3. The number of carbonyl (C=O) groups is 1. The summed E-state index contributed by atoms with van der Waals surface area (Å²) < 4.78 is 0. The Labute approximate surface area is 130 Å². The summed E-state index contributed by atoms with van der Waals surface area (Å²) in [4.78, 5) is 10.3. The maximum absolute atomic E-state index is 10.3. The smallest absolute Gasteiger partial charge is 0.331 e. The molecule has 0 bridgehead atoms. The van der Waals surface area contributed by atoms with E-state index in [-0.39, 0.29) is 5.76 Å². The molecule has 0 rings (SSSR count). The van der Waals surface area contributed by atoms with E-state index >= 15 is 0 Å². The first kappa shape index (κ1) is 20.0. The van der Waals surface area contributed by atoms with E-state index in [0.717, 1.165) is 24.8 Å². The molecule has 124 valence electrons. The summed E-state index contributed by atoms with van der Waals surface area (Å²) in [7, 11) is 0. The minimum atomic E-state index is -1.07. The summed E-state index contributed by atoms with van der Waals surface area (Å²) in [5.74, 6) is -0.237. The Morgan fingerprint density at radius 3 is 1.67 bits per heavy atom. The Morgan fingerprint density at radius 2 is 1.24 bits per heavy atom. The van der Waals surface area contributed by atoms with Crippen molar-refractivity contribution in [3.05, 3.63) is 11.8 Å². The lowest BCUT2D eigenvalue weighted by Crippen LogP contribution is -1.92. The monoisotopic (exact) mass is 298 g/mol. The molecular weight excluding hydrogens is 264 g/mol. The van der Waals surface area contributed by atoms with Crippen LogP contribution in [-0.4, -0.2) is 16.2 Å². The molecule has 0 fully saturated rings. The molecule has 3 heteroatoms. The van der Waals surface area contributed by atoms with Crippen molar-refractivity contribution < 1.29 is 15.0 Å². The third-order valence-corrected chi connectivity index (χ3v) is 3.75. The fourth-order valence-electron chi connectivity index (χ4n) is 2.49. The number of carboxylic acid groups (broad SMARTS) is 1. The Balaban J connectivity index is 3.18. The molecule has 0 aliphatic rings. The van der Waals surface area contributed by atoms with Crippen molar-refractivity contribution in [2.45, 2.75) is 90.9 Å². The predicted molar refractivity (Wildman–Crippen MR) is 88.6 cm³/mol. The number of rotatable bonds is 14. The van der Waals surface area contributed by atoms with Gasteiger partial charge in [0.05, 0.1) is 11.8 Å². The third kappa shape index (κ3) is 17.0. The number of carboxylic acids is 1. The lowest BCUT2D eigenvalue weighted by atomic mass is 10.0. The van der Waals surface area contributed by atoms with Crippen LogP contribution in [0.4, 0.5) is 0 Å². The Bertz CT molecular complexity index is 282. The number of aliphatic hydroxyl groups excluding tert-OH is 1. The number of aliphatic hydroxyl groups is 1. The molecular formula is C18H34O3. The van der Waals surface area contributed by atoms with Gasteiger partial charge in [0, 0.05) is 6.42 Å². The van der Waals surface area contributed by atoms with Gasteiger partial charge >= 0.3 is 5.97 Å². The number of unbranched alkanes of at least 4 members (excludes halogenated alkanes) is 9. The van der Waals surface area contributed by atoms with Gasteiger partial charge in [-0.25, -0.2) is 4.79 Å². The molecule has 0 aromatic heterocycles. The van der Waals surface area contributed by atoms with Gasteiger partial charge in [-0.05, 0) is 12.3 Å². The van der Waals surface area contributed by atoms with E-state index in [4.69, 9.17) is 5.11 Å². The van der Waals surface area contributed by atoms with Gasteiger partial charge in [-0.1, -0.05) is 78.1 Å². The molecule has 0 radical (unpaired) electrons. The largest absolute Gasteiger partial charge is 0.512 e. The highest BCUT2D eigenvalue weighted by Crippen LogP contribution is 2.14. The van der Waals surface area contributed by atoms with Crippen LogP contribution in [0.5, 0.6) is 0 Å². The zero-order valence-electron chi connectivity index (χ0n) is 13.9. The maximum atomic E-state index is 10.3. The fraction of sp³-hybridized carbons (Fsp3) is 0.833. The first-order chi connectivity index (χ1) is 10.0. The first-order valence-electron chi connectivity index (χ1n) is 8.65. The average molecular weight is 298 g/mol. The lowest BCUT2D eigenvalue weighted by Gasteiger charge is -2.04. The third-order valence-electron chi connectivity index (χ3n) is 3.75. The SMILES string of the molecule is CC(C)CCCCCCCCCCCCC(O)=CC(=O)O. The summed E-state index contributed by atoms with van der Waals surface area (Å²) in [5.41, 5.74) is 0. The fourth-order valence-corrected chi connectivity index (χ4v) is 2.49. The van der Waals surface area contributed by atoms with Crippen molar-refractivity contribution >= 4 is 5.97 Å². The van der Waals surface area contributed by atoms with Crippen LogP contribution >= 0.6 is 0 Å². The molecule has 0 unspecified atom stereocenters. The topological polar surface area (TPSA) is 57.5 Å². The van der Waals surface area contributed by atoms with Crippen molar-refractivity contribution in [2.75, 3.05) is 0 Å². The van der Waals surface area contributed by atoms with E-state index in [9.17, 15) is 9.90 Å². The first-order valence-corrected chi connectivity index (χ1v) is 8.65. The van der Waals surface area contributed by atoms with Gasteiger partial charge in [0.25, 0.3) is 0 Å². The molecule has 3 nitrogen and oxygen atoms in total. The molecule has 0 atom stereocenters. The summed E-state index contributed by atoms with van der Waals surface area (Å²) in [5, 5.41) is 17.7. The second-order valence-corrected chi connectivity index (χ2v) is 6.44. The second-order valence-electron chi connectivity index (χ2n) is 6.44. The number of allylic oxidation sites excluding steroid dienone is 1. The van der Waals surface area contributed by atoms with Crippen LogP contribution in [0.2, 0.25) is 0 Å². The van der Waals surface area contributed by atoms with Crippen LogP contribution in [0.25, 0.3) is 0 Å². The zero-order chi connectivity index (χ0) is 15.9. The van der Waals surface area contributed by atoms with Gasteiger partial charge in [0.2, 0.25) is 0 Å². The highest BCUT2D eigenvalue weighted by Gasteiger charge is 1.98. The molecule has 21 heavy (non-hydrogen) atoms. The van der Waals surface area contributed by atoms with Crippen LogP contribution in [0.15, 0.2) is 11.8 Å². The Kier molecular flexibility index (Phi) is 13.3. The van der Waals surface area contributed by atoms with Crippen LogP contribution in [0.1, 0.15) is 90.9 Å². The van der Waals surface area contributed by atoms with Crippen LogP contribution < -0.4 is 0 Å². The predicted octanol–water partition coefficient (Wildman–Crippen LogP) is 5.85. The van der Waals surface area contributed by atoms with Gasteiger partial charge in [0.1, 0.15) is 0 Å². The van der Waals surface area contributed by atoms with Crippen LogP contribution in [0.3, 0.4) is 0 Å². The number of hydrogen-bond acceptors (Lipinski definition) is 2. The van der Waals surface area contributed by atoms with Gasteiger partial charge in [-0.15, -0.1) is 0 Å². The molecule has 0 saturated heterocycles. The molecule has 2 N–H and O–H groups in total. The Morgan fingerprint density at radius 1 is 0.810 bits per heavy atom. The van der Waals surface area contributed by atoms with E-state index in [1.54, 1.807) is 0 Å². The summed E-state index contributed by atoms with van der Waals surface area (Å²) in [6.45, 7) is 4.58. The average Bonchev–Trinajstić information content (AvgIpc) is 2.38. The van der Waals surface area contributed by atoms with Gasteiger partial charge < -0.3 is 10.2 Å². The Hall–Kier alpha value is -0.990. The highest BCUT2D eigenvalue weighted by molar-refractivity contribution is 5.80. The van der Waals surface area contributed by atoms with Crippen LogP contribution in [-0.2, 0) is 4.79 Å². The maximum Gasteiger partial charge on any atom is 0.331 e. The van der Waals surface area contributed by atoms with Gasteiger partial charge in [0.15, 0.2) is 0 Å². The van der Waals surface area contributed by atoms with E-state index < -0.39 is 5.97 Å². The normalized spacial score (nSPS) is 12.0. The highest BCUT2D eigenvalue weighted by atomic mass is 16.4. The van der Waals surface area contributed by atoms with E-state index in [2.05, 4.69) is 13.8 Å². The van der Waals surface area contributed by atoms with Crippen LogP contribution in [0, 0.1) is 5.92 Å². The van der Waals surface area contributed by atoms with Crippen molar-refractivity contribution in [1.29, 1.82) is 0 Å². The molecule has 0 aliphatic carbocycles. The zero-order valence-corrected chi connectivity index (χ0v) is 13.9. The summed E-state index contributed by atoms with van der Waals surface area (Å²) >= 11 is 0. The minimum Gasteiger partial charge on any atom is -0.512 e. The van der Waals surface area contributed by atoms with Gasteiger partial charge in [-0.2, -0.15) is 0 Å². The summed E-state index contributed by atoms with van der Waals surface area (Å²) in [6, 6.07) is 0. The second kappa shape index (κ2) is 14.0. The molecule has 0 heterocycles. The quantitative estimate of drug-likeness (QED) is 0.240. The number of aliphatic carboxylic acids is 1. The lowest BCUT2D eigenvalue weighted by molar-refractivity contribution is -0.131. The number of hydrogen-bond donors (Lipinski definition) is 2.